The number of fused-ring (bicyclic) bond motifs is 1. The second kappa shape index (κ2) is 5.28. The van der Waals surface area contributed by atoms with E-state index < -0.39 is 5.97 Å². The van der Waals surface area contributed by atoms with Gasteiger partial charge < -0.3 is 10.0 Å². The Bertz CT molecular complexity index is 706. The maximum atomic E-state index is 12.3. The van der Waals surface area contributed by atoms with Crippen molar-refractivity contribution in [1.82, 2.24) is 19.9 Å². The maximum Gasteiger partial charge on any atom is 0.358 e. The highest BCUT2D eigenvalue weighted by Gasteiger charge is 2.23. The molecule has 3 rings (SSSR count). The van der Waals surface area contributed by atoms with Crippen LogP contribution in [0.1, 0.15) is 26.6 Å². The van der Waals surface area contributed by atoms with E-state index >= 15 is 0 Å². The lowest BCUT2D eigenvalue weighted by atomic mass is 10.1. The van der Waals surface area contributed by atoms with Crippen molar-refractivity contribution >= 4 is 23.2 Å². The van der Waals surface area contributed by atoms with Crippen LogP contribution in [-0.4, -0.2) is 43.4 Å². The Hall–Kier alpha value is -2.22. The van der Waals surface area contributed by atoms with Gasteiger partial charge in [0, 0.05) is 18.0 Å². The fraction of sp³-hybridized carbons (Fsp3) is 0.385. The number of carbonyl (C=O) groups is 2. The van der Waals surface area contributed by atoms with Crippen LogP contribution in [0.4, 0.5) is 0 Å². The fourth-order valence-electron chi connectivity index (χ4n) is 2.40. The molecule has 7 nitrogen and oxygen atoms in total. The Kier molecular flexibility index (Phi) is 3.46. The zero-order valence-electron chi connectivity index (χ0n) is 11.4. The number of carboxylic acid groups (broad SMARTS) is 1. The van der Waals surface area contributed by atoms with Crippen LogP contribution in [0.5, 0.6) is 0 Å². The molecule has 1 aliphatic rings. The third-order valence-corrected chi connectivity index (χ3v) is 4.65. The van der Waals surface area contributed by atoms with E-state index in [4.69, 9.17) is 5.11 Å². The van der Waals surface area contributed by atoms with Gasteiger partial charge in [0.05, 0.1) is 5.69 Å². The van der Waals surface area contributed by atoms with Gasteiger partial charge in [-0.1, -0.05) is 5.21 Å². The van der Waals surface area contributed by atoms with Crippen molar-refractivity contribution in [3.05, 3.63) is 33.3 Å². The van der Waals surface area contributed by atoms with Gasteiger partial charge in [-0.2, -0.15) is 0 Å². The van der Waals surface area contributed by atoms with Crippen LogP contribution >= 0.6 is 11.3 Å². The average Bonchev–Trinajstić information content (AvgIpc) is 3.05. The van der Waals surface area contributed by atoms with Crippen LogP contribution in [0.15, 0.2) is 11.4 Å². The van der Waals surface area contributed by atoms with Gasteiger partial charge in [0.15, 0.2) is 5.69 Å². The summed E-state index contributed by atoms with van der Waals surface area (Å²) in [6, 6.07) is 2.04. The highest BCUT2D eigenvalue weighted by Crippen LogP contribution is 2.24. The van der Waals surface area contributed by atoms with Crippen LogP contribution in [0.25, 0.3) is 0 Å². The van der Waals surface area contributed by atoms with Gasteiger partial charge in [-0.3, -0.25) is 4.79 Å². The van der Waals surface area contributed by atoms with Crippen LogP contribution < -0.4 is 0 Å². The van der Waals surface area contributed by atoms with E-state index in [0.717, 1.165) is 6.42 Å². The van der Waals surface area contributed by atoms with Gasteiger partial charge in [0.25, 0.3) is 0 Å². The van der Waals surface area contributed by atoms with Crippen LogP contribution in [0.2, 0.25) is 0 Å². The Morgan fingerprint density at radius 2 is 2.29 bits per heavy atom. The largest absolute Gasteiger partial charge is 0.476 e. The molecule has 0 aromatic carbocycles. The molecule has 1 aliphatic heterocycles. The summed E-state index contributed by atoms with van der Waals surface area (Å²) < 4.78 is 1.34. The van der Waals surface area contributed by atoms with Gasteiger partial charge in [-0.15, -0.1) is 16.4 Å². The molecule has 2 aromatic rings. The monoisotopic (exact) mass is 306 g/mol. The van der Waals surface area contributed by atoms with Crippen molar-refractivity contribution in [2.45, 2.75) is 26.4 Å². The summed E-state index contributed by atoms with van der Waals surface area (Å²) in [5.74, 6) is -1.20. The molecular weight excluding hydrogens is 292 g/mol. The standard InChI is InChI=1S/C13H14N4O3S/c1-8-12(13(19)20)14-15-17(8)7-11(18)16-4-2-10-9(6-16)3-5-21-10/h3,5H,2,4,6-7H2,1H3,(H,19,20). The summed E-state index contributed by atoms with van der Waals surface area (Å²) in [5, 5.41) is 18.3. The maximum absolute atomic E-state index is 12.3. The molecule has 8 heteroatoms. The lowest BCUT2D eigenvalue weighted by Gasteiger charge is -2.27. The molecule has 0 unspecified atom stereocenters. The van der Waals surface area contributed by atoms with Gasteiger partial charge in [0.2, 0.25) is 5.91 Å². The molecule has 0 aliphatic carbocycles. The first kappa shape index (κ1) is 13.7. The molecule has 0 saturated carbocycles. The van der Waals surface area contributed by atoms with Crippen molar-refractivity contribution in [3.63, 3.8) is 0 Å². The molecule has 0 atom stereocenters. The van der Waals surface area contributed by atoms with Gasteiger partial charge in [-0.05, 0) is 30.4 Å². The topological polar surface area (TPSA) is 88.3 Å². The van der Waals surface area contributed by atoms with Crippen LogP contribution in [0.3, 0.4) is 0 Å². The normalized spacial score (nSPS) is 14.0. The van der Waals surface area contributed by atoms with Crippen molar-refractivity contribution in [2.24, 2.45) is 0 Å². The van der Waals surface area contributed by atoms with E-state index in [1.165, 1.54) is 15.1 Å². The number of hydrogen-bond donors (Lipinski definition) is 1. The lowest BCUT2D eigenvalue weighted by Crippen LogP contribution is -2.37. The molecule has 0 bridgehead atoms. The number of rotatable bonds is 3. The summed E-state index contributed by atoms with van der Waals surface area (Å²) in [7, 11) is 0. The van der Waals surface area contributed by atoms with Gasteiger partial charge >= 0.3 is 5.97 Å². The number of amides is 1. The minimum absolute atomic E-state index is 0.0194. The first-order valence-electron chi connectivity index (χ1n) is 6.52. The number of carbonyl (C=O) groups excluding carboxylic acids is 1. The summed E-state index contributed by atoms with van der Waals surface area (Å²) in [6.45, 7) is 2.92. The minimum Gasteiger partial charge on any atom is -0.476 e. The Morgan fingerprint density at radius 3 is 3.00 bits per heavy atom. The van der Waals surface area contributed by atoms with Crippen molar-refractivity contribution < 1.29 is 14.7 Å². The minimum atomic E-state index is -1.13. The highest BCUT2D eigenvalue weighted by atomic mass is 32.1. The smallest absolute Gasteiger partial charge is 0.358 e. The van der Waals surface area contributed by atoms with Crippen molar-refractivity contribution in [1.29, 1.82) is 0 Å². The third kappa shape index (κ3) is 2.54. The van der Waals surface area contributed by atoms with Crippen LogP contribution in [0, 0.1) is 6.92 Å². The number of thiophene rings is 1. The first-order valence-corrected chi connectivity index (χ1v) is 7.40. The van der Waals surface area contributed by atoms with Gasteiger partial charge in [-0.25, -0.2) is 9.48 Å². The van der Waals surface area contributed by atoms with E-state index in [-0.39, 0.29) is 18.1 Å². The SMILES string of the molecule is Cc1c(C(=O)O)nnn1CC(=O)N1CCc2sccc2C1. The molecule has 1 amide bonds. The molecule has 0 saturated heterocycles. The first-order chi connectivity index (χ1) is 10.1. The number of hydrogen-bond acceptors (Lipinski definition) is 5. The van der Waals surface area contributed by atoms with Gasteiger partial charge in [0.1, 0.15) is 6.54 Å². The van der Waals surface area contributed by atoms with E-state index in [1.807, 2.05) is 11.4 Å². The molecular formula is C13H14N4O3S. The Labute approximate surface area is 124 Å². The van der Waals surface area contributed by atoms with Crippen molar-refractivity contribution in [2.75, 3.05) is 6.54 Å². The Morgan fingerprint density at radius 1 is 1.48 bits per heavy atom. The fourth-order valence-corrected chi connectivity index (χ4v) is 3.29. The molecule has 0 spiro atoms. The molecule has 1 N–H and O–H groups in total. The Balaban J connectivity index is 1.71. The van der Waals surface area contributed by atoms with E-state index in [2.05, 4.69) is 10.3 Å². The lowest BCUT2D eigenvalue weighted by molar-refractivity contribution is -0.133. The zero-order chi connectivity index (χ0) is 15.0. The predicted molar refractivity (Wildman–Crippen MR) is 75.2 cm³/mol. The molecule has 3 heterocycles. The third-order valence-electron chi connectivity index (χ3n) is 3.63. The van der Waals surface area contributed by atoms with Crippen molar-refractivity contribution in [3.8, 4) is 0 Å². The predicted octanol–water partition coefficient (Wildman–Crippen LogP) is 0.931. The number of aromatic carboxylic acids is 1. The molecule has 2 aromatic heterocycles. The zero-order valence-corrected chi connectivity index (χ0v) is 12.3. The number of nitrogens with zero attached hydrogens (tertiary/aromatic N) is 4. The molecule has 0 fully saturated rings. The quantitative estimate of drug-likeness (QED) is 0.911. The number of carboxylic acids is 1. The van der Waals surface area contributed by atoms with E-state index in [0.29, 0.717) is 18.8 Å². The molecule has 21 heavy (non-hydrogen) atoms. The van der Waals surface area contributed by atoms with E-state index in [9.17, 15) is 9.59 Å². The summed E-state index contributed by atoms with van der Waals surface area (Å²) in [4.78, 5) is 26.4. The number of aromatic nitrogens is 3. The molecule has 0 radical (unpaired) electrons. The second-order valence-corrected chi connectivity index (χ2v) is 5.92. The molecule has 110 valence electrons. The summed E-state index contributed by atoms with van der Waals surface area (Å²) in [6.07, 6.45) is 0.870. The highest BCUT2D eigenvalue weighted by molar-refractivity contribution is 7.10. The van der Waals surface area contributed by atoms with Crippen LogP contribution in [-0.2, 0) is 24.3 Å². The average molecular weight is 306 g/mol. The summed E-state index contributed by atoms with van der Waals surface area (Å²) >= 11 is 1.72. The second-order valence-electron chi connectivity index (χ2n) is 4.92. The summed E-state index contributed by atoms with van der Waals surface area (Å²) in [5.41, 5.74) is 1.48. The van der Waals surface area contributed by atoms with E-state index in [1.54, 1.807) is 23.2 Å².